The molecule has 1 rings (SSSR count). The van der Waals surface area contributed by atoms with E-state index in [-0.39, 0.29) is 11.5 Å². The van der Waals surface area contributed by atoms with Crippen molar-refractivity contribution >= 4 is 10.0 Å². The van der Waals surface area contributed by atoms with Gasteiger partial charge in [0.25, 0.3) is 0 Å². The molecule has 1 N–H and O–H groups in total. The molecule has 0 aromatic carbocycles. The van der Waals surface area contributed by atoms with Crippen LogP contribution in [0.1, 0.15) is 25.5 Å². The van der Waals surface area contributed by atoms with E-state index in [2.05, 4.69) is 0 Å². The number of hydrogen-bond donors (Lipinski definition) is 1. The first-order valence-electron chi connectivity index (χ1n) is 6.44. The van der Waals surface area contributed by atoms with Crippen LogP contribution in [-0.4, -0.2) is 42.2 Å². The van der Waals surface area contributed by atoms with Gasteiger partial charge >= 0.3 is 6.18 Å². The van der Waals surface area contributed by atoms with Crippen LogP contribution < -0.4 is 0 Å². The molecule has 0 fully saturated rings. The van der Waals surface area contributed by atoms with Gasteiger partial charge in [-0.15, -0.1) is 0 Å². The van der Waals surface area contributed by atoms with Gasteiger partial charge in [-0.3, -0.25) is 0 Å². The normalized spacial score (nSPS) is 13.1. The third kappa shape index (κ3) is 4.72. The average molecular weight is 328 g/mol. The smallest absolute Gasteiger partial charge is 0.390 e. The van der Waals surface area contributed by atoms with E-state index in [1.807, 2.05) is 6.92 Å². The van der Waals surface area contributed by atoms with Crippen molar-refractivity contribution < 1.29 is 26.7 Å². The van der Waals surface area contributed by atoms with Gasteiger partial charge in [-0.25, -0.2) is 12.7 Å². The lowest BCUT2D eigenvalue weighted by atomic mass is 10.4. The highest BCUT2D eigenvalue weighted by molar-refractivity contribution is 7.89. The summed E-state index contributed by atoms with van der Waals surface area (Å²) in [4.78, 5) is -0.107. The molecular weight excluding hydrogens is 309 g/mol. The standard InChI is InChI=1S/C12H19F3N2O3S/c1-3-5-17-8-11(7-10(17)9-18)21(19,20)16(2)6-4-12(13,14)15/h7-8,18H,3-6,9H2,1-2H3. The lowest BCUT2D eigenvalue weighted by molar-refractivity contribution is -0.135. The van der Waals surface area contributed by atoms with Crippen molar-refractivity contribution in [3.8, 4) is 0 Å². The largest absolute Gasteiger partial charge is 0.390 e. The van der Waals surface area contributed by atoms with E-state index in [1.165, 1.54) is 12.3 Å². The summed E-state index contributed by atoms with van der Waals surface area (Å²) >= 11 is 0. The van der Waals surface area contributed by atoms with Gasteiger partial charge in [-0.05, 0) is 12.5 Å². The number of sulfonamides is 1. The predicted octanol–water partition coefficient (Wildman–Crippen LogP) is 1.96. The van der Waals surface area contributed by atoms with E-state index in [4.69, 9.17) is 0 Å². The van der Waals surface area contributed by atoms with Gasteiger partial charge in [0.2, 0.25) is 10.0 Å². The Labute approximate surface area is 122 Å². The summed E-state index contributed by atoms with van der Waals surface area (Å²) in [5.41, 5.74) is 0.416. The summed E-state index contributed by atoms with van der Waals surface area (Å²) in [6, 6.07) is 1.29. The van der Waals surface area contributed by atoms with Crippen molar-refractivity contribution in [2.45, 2.75) is 44.0 Å². The number of aromatic nitrogens is 1. The van der Waals surface area contributed by atoms with Gasteiger partial charge < -0.3 is 9.67 Å². The van der Waals surface area contributed by atoms with Crippen LogP contribution in [0.25, 0.3) is 0 Å². The maximum atomic E-state index is 12.2. The van der Waals surface area contributed by atoms with Crippen LogP contribution in [0.5, 0.6) is 0 Å². The summed E-state index contributed by atoms with van der Waals surface area (Å²) in [6.45, 7) is 1.45. The molecule has 0 saturated carbocycles. The van der Waals surface area contributed by atoms with Gasteiger partial charge in [-0.1, -0.05) is 6.92 Å². The van der Waals surface area contributed by atoms with Crippen LogP contribution in [-0.2, 0) is 23.2 Å². The number of hydrogen-bond acceptors (Lipinski definition) is 3. The molecule has 122 valence electrons. The Kier molecular flexibility index (Phi) is 5.83. The molecule has 0 amide bonds. The van der Waals surface area contributed by atoms with Gasteiger partial charge in [0.05, 0.1) is 13.0 Å². The summed E-state index contributed by atoms with van der Waals surface area (Å²) in [5.74, 6) is 0. The van der Waals surface area contributed by atoms with Gasteiger partial charge in [-0.2, -0.15) is 13.2 Å². The summed E-state index contributed by atoms with van der Waals surface area (Å²) in [7, 11) is -2.88. The molecule has 0 aliphatic carbocycles. The second-order valence-corrected chi connectivity index (χ2v) is 6.76. The van der Waals surface area contributed by atoms with Gasteiger partial charge in [0.1, 0.15) is 4.90 Å². The first-order chi connectivity index (χ1) is 9.61. The zero-order chi connectivity index (χ0) is 16.3. The molecule has 5 nitrogen and oxygen atoms in total. The molecule has 1 aromatic rings. The second-order valence-electron chi connectivity index (χ2n) is 4.71. The lowest BCUT2D eigenvalue weighted by Gasteiger charge is -2.17. The Bertz CT molecular complexity index is 567. The SMILES string of the molecule is CCCn1cc(S(=O)(=O)N(C)CCC(F)(F)F)cc1CO. The second kappa shape index (κ2) is 6.80. The third-order valence-corrected chi connectivity index (χ3v) is 4.83. The van der Waals surface area contributed by atoms with Gasteiger partial charge in [0.15, 0.2) is 0 Å². The van der Waals surface area contributed by atoms with E-state index in [0.29, 0.717) is 16.5 Å². The highest BCUT2D eigenvalue weighted by Gasteiger charge is 2.31. The predicted molar refractivity (Wildman–Crippen MR) is 71.1 cm³/mol. The molecule has 21 heavy (non-hydrogen) atoms. The van der Waals surface area contributed by atoms with E-state index >= 15 is 0 Å². The van der Waals surface area contributed by atoms with Crippen molar-refractivity contribution in [3.05, 3.63) is 18.0 Å². The van der Waals surface area contributed by atoms with Crippen LogP contribution >= 0.6 is 0 Å². The number of rotatable bonds is 7. The quantitative estimate of drug-likeness (QED) is 0.832. The maximum absolute atomic E-state index is 12.2. The molecule has 0 atom stereocenters. The number of halogens is 3. The van der Waals surface area contributed by atoms with Crippen molar-refractivity contribution in [3.63, 3.8) is 0 Å². The number of alkyl halides is 3. The van der Waals surface area contributed by atoms with Crippen LogP contribution in [0.2, 0.25) is 0 Å². The molecule has 1 aromatic heterocycles. The Morgan fingerprint density at radius 2 is 2.00 bits per heavy atom. The van der Waals surface area contributed by atoms with E-state index in [0.717, 1.165) is 13.5 Å². The molecular formula is C12H19F3N2O3S. The number of aliphatic hydroxyl groups excluding tert-OH is 1. The average Bonchev–Trinajstić information content (AvgIpc) is 2.79. The zero-order valence-electron chi connectivity index (χ0n) is 11.9. The number of aryl methyl sites for hydroxylation is 1. The van der Waals surface area contributed by atoms with E-state index < -0.39 is 29.2 Å². The van der Waals surface area contributed by atoms with Gasteiger partial charge in [0, 0.05) is 32.0 Å². The van der Waals surface area contributed by atoms with Crippen molar-refractivity contribution in [2.75, 3.05) is 13.6 Å². The van der Waals surface area contributed by atoms with Crippen LogP contribution in [0, 0.1) is 0 Å². The van der Waals surface area contributed by atoms with E-state index in [9.17, 15) is 26.7 Å². The molecule has 0 bridgehead atoms. The first-order valence-corrected chi connectivity index (χ1v) is 7.88. The van der Waals surface area contributed by atoms with Crippen LogP contribution in [0.4, 0.5) is 13.2 Å². The Morgan fingerprint density at radius 1 is 1.38 bits per heavy atom. The molecule has 9 heteroatoms. The zero-order valence-corrected chi connectivity index (χ0v) is 12.7. The minimum atomic E-state index is -4.41. The fourth-order valence-electron chi connectivity index (χ4n) is 1.83. The highest BCUT2D eigenvalue weighted by atomic mass is 32.2. The third-order valence-electron chi connectivity index (χ3n) is 3.01. The van der Waals surface area contributed by atoms with Crippen LogP contribution in [0.3, 0.4) is 0 Å². The molecule has 0 unspecified atom stereocenters. The monoisotopic (exact) mass is 328 g/mol. The molecule has 0 aliphatic heterocycles. The Balaban J connectivity index is 2.96. The summed E-state index contributed by atoms with van der Waals surface area (Å²) in [5, 5.41) is 9.19. The molecule has 0 spiro atoms. The van der Waals surface area contributed by atoms with Crippen molar-refractivity contribution in [2.24, 2.45) is 0 Å². The topological polar surface area (TPSA) is 62.5 Å². The summed E-state index contributed by atoms with van der Waals surface area (Å²) < 4.78 is 63.2. The molecule has 1 heterocycles. The Hall–Kier alpha value is -1.06. The fraction of sp³-hybridized carbons (Fsp3) is 0.667. The minimum Gasteiger partial charge on any atom is -0.390 e. The number of nitrogens with zero attached hydrogens (tertiary/aromatic N) is 2. The van der Waals surface area contributed by atoms with Crippen LogP contribution in [0.15, 0.2) is 17.2 Å². The fourth-order valence-corrected chi connectivity index (χ4v) is 3.07. The Morgan fingerprint density at radius 3 is 2.48 bits per heavy atom. The molecule has 0 aliphatic rings. The van der Waals surface area contributed by atoms with Crippen molar-refractivity contribution in [1.82, 2.24) is 8.87 Å². The maximum Gasteiger partial charge on any atom is 0.390 e. The van der Waals surface area contributed by atoms with E-state index in [1.54, 1.807) is 4.57 Å². The number of aliphatic hydroxyl groups is 1. The molecule has 0 radical (unpaired) electrons. The minimum absolute atomic E-state index is 0.107. The molecule has 0 saturated heterocycles. The highest BCUT2D eigenvalue weighted by Crippen LogP contribution is 2.23. The van der Waals surface area contributed by atoms with Crippen molar-refractivity contribution in [1.29, 1.82) is 0 Å². The first kappa shape index (κ1) is 18.0. The lowest BCUT2D eigenvalue weighted by Crippen LogP contribution is -2.30. The summed E-state index contributed by atoms with van der Waals surface area (Å²) in [6.07, 6.45) is -3.53.